The molecule has 96 valence electrons. The number of aromatic nitrogens is 1. The molecule has 3 nitrogen and oxygen atoms in total. The molecule has 1 rings (SSSR count). The van der Waals surface area contributed by atoms with Gasteiger partial charge >= 0.3 is 0 Å². The third-order valence-electron chi connectivity index (χ3n) is 2.57. The summed E-state index contributed by atoms with van der Waals surface area (Å²) in [6.45, 7) is 10.7. The van der Waals surface area contributed by atoms with E-state index in [1.165, 1.54) is 5.69 Å². The normalized spacial score (nSPS) is 11.2. The summed E-state index contributed by atoms with van der Waals surface area (Å²) in [5.74, 6) is 0.672. The molecule has 1 aromatic rings. The lowest BCUT2D eigenvalue weighted by molar-refractivity contribution is 0.581. The Morgan fingerprint density at radius 1 is 1.29 bits per heavy atom. The van der Waals surface area contributed by atoms with Crippen molar-refractivity contribution in [3.8, 4) is 0 Å². The molecule has 0 saturated carbocycles. The number of nitrogens with zero attached hydrogens (tertiary/aromatic N) is 2. The van der Waals surface area contributed by atoms with Crippen molar-refractivity contribution in [1.29, 1.82) is 0 Å². The summed E-state index contributed by atoms with van der Waals surface area (Å²) < 4.78 is 0. The standard InChI is InChI=1S/C14H25N3/c1-11(2)10-17(5)14-6-7-15-13(8-14)9-16-12(3)4/h6-8,11-12,16H,9-10H2,1-5H3. The van der Waals surface area contributed by atoms with Gasteiger partial charge in [-0.3, -0.25) is 4.98 Å². The number of pyridine rings is 1. The quantitative estimate of drug-likeness (QED) is 0.821. The molecule has 0 amide bonds. The maximum Gasteiger partial charge on any atom is 0.0562 e. The second-order valence-corrected chi connectivity index (χ2v) is 5.32. The number of rotatable bonds is 6. The van der Waals surface area contributed by atoms with E-state index in [-0.39, 0.29) is 0 Å². The second kappa shape index (κ2) is 6.60. The van der Waals surface area contributed by atoms with E-state index in [0.29, 0.717) is 12.0 Å². The van der Waals surface area contributed by atoms with Gasteiger partial charge in [-0.1, -0.05) is 27.7 Å². The number of hydrogen-bond donors (Lipinski definition) is 1. The molecule has 0 saturated heterocycles. The molecule has 0 aliphatic heterocycles. The predicted molar refractivity (Wildman–Crippen MR) is 74.3 cm³/mol. The molecule has 0 bridgehead atoms. The molecule has 17 heavy (non-hydrogen) atoms. The van der Waals surface area contributed by atoms with Crippen molar-refractivity contribution in [3.05, 3.63) is 24.0 Å². The minimum absolute atomic E-state index is 0.494. The van der Waals surface area contributed by atoms with E-state index in [9.17, 15) is 0 Å². The highest BCUT2D eigenvalue weighted by Gasteiger charge is 2.05. The first-order valence-electron chi connectivity index (χ1n) is 6.38. The van der Waals surface area contributed by atoms with Crippen LogP contribution >= 0.6 is 0 Å². The molecule has 3 heteroatoms. The Kier molecular flexibility index (Phi) is 5.42. The molecule has 1 aromatic heterocycles. The van der Waals surface area contributed by atoms with Crippen LogP contribution in [0.4, 0.5) is 5.69 Å². The molecule has 0 spiro atoms. The zero-order valence-electron chi connectivity index (χ0n) is 11.7. The average Bonchev–Trinajstić information content (AvgIpc) is 2.26. The van der Waals surface area contributed by atoms with Crippen LogP contribution in [0, 0.1) is 5.92 Å². The van der Waals surface area contributed by atoms with Gasteiger partial charge in [-0.2, -0.15) is 0 Å². The molecule has 0 aromatic carbocycles. The Morgan fingerprint density at radius 3 is 2.59 bits per heavy atom. The summed E-state index contributed by atoms with van der Waals surface area (Å²) in [7, 11) is 2.13. The maximum absolute atomic E-state index is 4.38. The van der Waals surface area contributed by atoms with Gasteiger partial charge in [-0.15, -0.1) is 0 Å². The minimum Gasteiger partial charge on any atom is -0.374 e. The van der Waals surface area contributed by atoms with E-state index in [4.69, 9.17) is 0 Å². The highest BCUT2D eigenvalue weighted by molar-refractivity contribution is 5.45. The monoisotopic (exact) mass is 235 g/mol. The van der Waals surface area contributed by atoms with Crippen molar-refractivity contribution in [2.75, 3.05) is 18.5 Å². The smallest absolute Gasteiger partial charge is 0.0562 e. The van der Waals surface area contributed by atoms with E-state index < -0.39 is 0 Å². The fourth-order valence-electron chi connectivity index (χ4n) is 1.76. The summed E-state index contributed by atoms with van der Waals surface area (Å²) >= 11 is 0. The van der Waals surface area contributed by atoms with Crippen molar-refractivity contribution in [2.24, 2.45) is 5.92 Å². The van der Waals surface area contributed by atoms with Crippen molar-refractivity contribution in [2.45, 2.75) is 40.3 Å². The number of nitrogens with one attached hydrogen (secondary N) is 1. The van der Waals surface area contributed by atoms with E-state index in [2.05, 4.69) is 62.1 Å². The Bertz CT molecular complexity index is 334. The average molecular weight is 235 g/mol. The van der Waals surface area contributed by atoms with Crippen molar-refractivity contribution in [3.63, 3.8) is 0 Å². The van der Waals surface area contributed by atoms with E-state index in [1.807, 2.05) is 6.20 Å². The van der Waals surface area contributed by atoms with E-state index in [0.717, 1.165) is 18.8 Å². The summed E-state index contributed by atoms with van der Waals surface area (Å²) in [4.78, 5) is 6.67. The Hall–Kier alpha value is -1.09. The first-order chi connectivity index (χ1) is 7.99. The van der Waals surface area contributed by atoms with E-state index in [1.54, 1.807) is 0 Å². The molecule has 0 atom stereocenters. The first kappa shape index (κ1) is 14.0. The zero-order valence-corrected chi connectivity index (χ0v) is 11.7. The lowest BCUT2D eigenvalue weighted by Gasteiger charge is -2.22. The summed E-state index contributed by atoms with van der Waals surface area (Å²) in [6, 6.07) is 4.73. The largest absolute Gasteiger partial charge is 0.374 e. The Labute approximate surface area is 105 Å². The van der Waals surface area contributed by atoms with Crippen molar-refractivity contribution < 1.29 is 0 Å². The van der Waals surface area contributed by atoms with Crippen LogP contribution < -0.4 is 10.2 Å². The van der Waals surface area contributed by atoms with Crippen LogP contribution in [0.25, 0.3) is 0 Å². The van der Waals surface area contributed by atoms with Crippen molar-refractivity contribution in [1.82, 2.24) is 10.3 Å². The molecule has 0 radical (unpaired) electrons. The van der Waals surface area contributed by atoms with Gasteiger partial charge in [0, 0.05) is 38.1 Å². The number of anilines is 1. The minimum atomic E-state index is 0.494. The van der Waals surface area contributed by atoms with Crippen LogP contribution in [0.3, 0.4) is 0 Å². The maximum atomic E-state index is 4.38. The van der Waals surface area contributed by atoms with Gasteiger partial charge in [0.2, 0.25) is 0 Å². The van der Waals surface area contributed by atoms with Crippen LogP contribution in [0.1, 0.15) is 33.4 Å². The van der Waals surface area contributed by atoms with Crippen molar-refractivity contribution >= 4 is 5.69 Å². The van der Waals surface area contributed by atoms with Gasteiger partial charge in [0.15, 0.2) is 0 Å². The summed E-state index contributed by atoms with van der Waals surface area (Å²) in [5.41, 5.74) is 2.35. The predicted octanol–water partition coefficient (Wildman–Crippen LogP) is 2.67. The lowest BCUT2D eigenvalue weighted by Crippen LogP contribution is -2.24. The highest BCUT2D eigenvalue weighted by atomic mass is 15.1. The lowest BCUT2D eigenvalue weighted by atomic mass is 10.2. The van der Waals surface area contributed by atoms with Crippen LogP contribution in [-0.2, 0) is 6.54 Å². The third kappa shape index (κ3) is 5.18. The second-order valence-electron chi connectivity index (χ2n) is 5.32. The summed E-state index contributed by atoms with van der Waals surface area (Å²) in [5, 5.41) is 3.39. The third-order valence-corrected chi connectivity index (χ3v) is 2.57. The summed E-state index contributed by atoms with van der Waals surface area (Å²) in [6.07, 6.45) is 1.89. The van der Waals surface area contributed by atoms with Crippen LogP contribution in [0.15, 0.2) is 18.3 Å². The molecule has 0 unspecified atom stereocenters. The molecular formula is C14H25N3. The van der Waals surface area contributed by atoms with Crippen LogP contribution in [0.5, 0.6) is 0 Å². The van der Waals surface area contributed by atoms with Gasteiger partial charge in [-0.05, 0) is 18.1 Å². The van der Waals surface area contributed by atoms with Gasteiger partial charge in [0.1, 0.15) is 0 Å². The van der Waals surface area contributed by atoms with E-state index >= 15 is 0 Å². The molecule has 0 fully saturated rings. The Morgan fingerprint density at radius 2 is 2.00 bits per heavy atom. The van der Waals surface area contributed by atoms with Gasteiger partial charge in [0.05, 0.1) is 5.69 Å². The Balaban J connectivity index is 2.64. The molecule has 1 heterocycles. The molecule has 0 aliphatic carbocycles. The van der Waals surface area contributed by atoms with Crippen LogP contribution in [0.2, 0.25) is 0 Å². The molecule has 1 N–H and O–H groups in total. The molecular weight excluding hydrogens is 210 g/mol. The first-order valence-corrected chi connectivity index (χ1v) is 6.38. The topological polar surface area (TPSA) is 28.2 Å². The van der Waals surface area contributed by atoms with Gasteiger partial charge < -0.3 is 10.2 Å². The molecule has 0 aliphatic rings. The fraction of sp³-hybridized carbons (Fsp3) is 0.643. The number of hydrogen-bond acceptors (Lipinski definition) is 3. The fourth-order valence-corrected chi connectivity index (χ4v) is 1.76. The van der Waals surface area contributed by atoms with Crippen LogP contribution in [-0.4, -0.2) is 24.6 Å². The van der Waals surface area contributed by atoms with Gasteiger partial charge in [-0.25, -0.2) is 0 Å². The zero-order chi connectivity index (χ0) is 12.8. The highest BCUT2D eigenvalue weighted by Crippen LogP contribution is 2.14. The van der Waals surface area contributed by atoms with Gasteiger partial charge in [0.25, 0.3) is 0 Å². The SMILES string of the molecule is CC(C)CN(C)c1ccnc(CNC(C)C)c1.